The van der Waals surface area contributed by atoms with Gasteiger partial charge in [0.25, 0.3) is 5.91 Å². The molecule has 14 heteroatoms. The summed E-state index contributed by atoms with van der Waals surface area (Å²) in [5.74, 6) is -2.48. The van der Waals surface area contributed by atoms with Gasteiger partial charge in [0.1, 0.15) is 11.5 Å². The Morgan fingerprint density at radius 3 is 2.67 bits per heavy atom. The fourth-order valence-corrected chi connectivity index (χ4v) is 3.62. The fourth-order valence-electron chi connectivity index (χ4n) is 3.16. The van der Waals surface area contributed by atoms with E-state index in [2.05, 4.69) is 26.0 Å². The lowest BCUT2D eigenvalue weighted by molar-refractivity contribution is -0.386. The Bertz CT molecular complexity index is 1270. The van der Waals surface area contributed by atoms with Gasteiger partial charge in [0.15, 0.2) is 6.10 Å². The van der Waals surface area contributed by atoms with E-state index in [0.717, 1.165) is 4.90 Å². The summed E-state index contributed by atoms with van der Waals surface area (Å²) >= 11 is 3.17. The quantitative estimate of drug-likeness (QED) is 0.157. The molecule has 0 saturated carbocycles. The fraction of sp³-hybridized carbons (Fsp3) is 0.273. The first-order chi connectivity index (χ1) is 17.0. The molecule has 36 heavy (non-hydrogen) atoms. The predicted molar refractivity (Wildman–Crippen MR) is 125 cm³/mol. The Kier molecular flexibility index (Phi) is 8.09. The van der Waals surface area contributed by atoms with Crippen molar-refractivity contribution in [2.75, 3.05) is 13.7 Å². The summed E-state index contributed by atoms with van der Waals surface area (Å²) in [6.45, 7) is 2.75. The largest absolute Gasteiger partial charge is 0.471 e. The van der Waals surface area contributed by atoms with Gasteiger partial charge < -0.3 is 23.9 Å². The minimum atomic E-state index is -1.20. The average Bonchev–Trinajstić information content (AvgIpc) is 3.40. The highest BCUT2D eigenvalue weighted by Gasteiger charge is 2.35. The zero-order chi connectivity index (χ0) is 26.6. The second kappa shape index (κ2) is 11.0. The van der Waals surface area contributed by atoms with Gasteiger partial charge in [-0.2, -0.15) is 0 Å². The van der Waals surface area contributed by atoms with Crippen molar-refractivity contribution in [3.05, 3.63) is 61.6 Å². The minimum absolute atomic E-state index is 0.0451. The molecule has 1 fully saturated rings. The molecule has 1 saturated heterocycles. The van der Waals surface area contributed by atoms with E-state index in [0.29, 0.717) is 0 Å². The monoisotopic (exact) mass is 565 g/mol. The van der Waals surface area contributed by atoms with Crippen LogP contribution >= 0.6 is 15.9 Å². The molecule has 0 aliphatic carbocycles. The molecule has 190 valence electrons. The van der Waals surface area contributed by atoms with Gasteiger partial charge in [-0.25, -0.2) is 14.4 Å². The number of urea groups is 1. The SMILES string of the molecule is CCOC(=O)[C@@H](C)Oc1c(/C=C2\NC(=O)N(Cc3ccc(C(=O)OC)o3)C2=O)cc(Br)cc1[N+](=O)[O-]. The van der Waals surface area contributed by atoms with Crippen LogP contribution in [0.25, 0.3) is 6.08 Å². The zero-order valence-electron chi connectivity index (χ0n) is 19.2. The van der Waals surface area contributed by atoms with Crippen LogP contribution in [0, 0.1) is 10.1 Å². The number of nitro benzene ring substituents is 1. The number of rotatable bonds is 9. The smallest absolute Gasteiger partial charge is 0.373 e. The number of hydrogen-bond donors (Lipinski definition) is 1. The van der Waals surface area contributed by atoms with Crippen LogP contribution in [-0.4, -0.2) is 53.5 Å². The van der Waals surface area contributed by atoms with Crippen LogP contribution in [0.15, 0.2) is 38.9 Å². The van der Waals surface area contributed by atoms with Gasteiger partial charge in [-0.3, -0.25) is 19.8 Å². The lowest BCUT2D eigenvalue weighted by Gasteiger charge is -2.16. The highest BCUT2D eigenvalue weighted by Crippen LogP contribution is 2.37. The summed E-state index contributed by atoms with van der Waals surface area (Å²) in [5, 5.41) is 14.1. The van der Waals surface area contributed by atoms with E-state index in [9.17, 15) is 29.3 Å². The standard InChI is InChI=1S/C22H20BrN3O10/c1-4-34-20(28)11(2)35-18-12(7-13(23)9-16(18)26(31)32)8-15-19(27)25(22(30)24-15)10-14-5-6-17(36-14)21(29)33-3/h5-9,11H,4,10H2,1-3H3,(H,24,30)/b15-8-/t11-/m1/s1. The number of nitrogens with one attached hydrogen (secondary N) is 1. The summed E-state index contributed by atoms with van der Waals surface area (Å²) in [6, 6.07) is 4.56. The van der Waals surface area contributed by atoms with Gasteiger partial charge in [-0.15, -0.1) is 0 Å². The maximum Gasteiger partial charge on any atom is 0.373 e. The molecule has 3 amide bonds. The normalized spacial score (nSPS) is 15.0. The maximum atomic E-state index is 12.9. The van der Waals surface area contributed by atoms with E-state index in [1.165, 1.54) is 44.4 Å². The van der Waals surface area contributed by atoms with Crippen LogP contribution in [0.5, 0.6) is 5.75 Å². The van der Waals surface area contributed by atoms with E-state index in [1.807, 2.05) is 0 Å². The summed E-state index contributed by atoms with van der Waals surface area (Å²) in [5.41, 5.74) is -0.642. The number of amides is 3. The number of benzene rings is 1. The van der Waals surface area contributed by atoms with Crippen molar-refractivity contribution in [2.45, 2.75) is 26.5 Å². The molecule has 1 N–H and O–H groups in total. The number of hydrogen-bond acceptors (Lipinski definition) is 10. The highest BCUT2D eigenvalue weighted by molar-refractivity contribution is 9.10. The van der Waals surface area contributed by atoms with Crippen LogP contribution in [0.2, 0.25) is 0 Å². The van der Waals surface area contributed by atoms with Crippen LogP contribution in [0.4, 0.5) is 10.5 Å². The Hall–Kier alpha value is -4.20. The number of halogens is 1. The van der Waals surface area contributed by atoms with Crippen molar-refractivity contribution in [3.63, 3.8) is 0 Å². The van der Waals surface area contributed by atoms with Crippen molar-refractivity contribution >= 4 is 51.6 Å². The van der Waals surface area contributed by atoms with Gasteiger partial charge in [-0.05, 0) is 38.1 Å². The third kappa shape index (κ3) is 5.71. The highest BCUT2D eigenvalue weighted by atomic mass is 79.9. The number of carbonyl (C=O) groups is 4. The Labute approximate surface area is 212 Å². The van der Waals surface area contributed by atoms with E-state index >= 15 is 0 Å². The van der Waals surface area contributed by atoms with Crippen molar-refractivity contribution in [2.24, 2.45) is 0 Å². The van der Waals surface area contributed by atoms with Crippen molar-refractivity contribution < 1.29 is 42.7 Å². The molecular weight excluding hydrogens is 546 g/mol. The molecule has 2 heterocycles. The third-order valence-corrected chi connectivity index (χ3v) is 5.25. The molecule has 13 nitrogen and oxygen atoms in total. The summed E-state index contributed by atoms with van der Waals surface area (Å²) < 4.78 is 20.6. The van der Waals surface area contributed by atoms with E-state index in [4.69, 9.17) is 13.9 Å². The van der Waals surface area contributed by atoms with Gasteiger partial charge in [0.2, 0.25) is 11.5 Å². The molecule has 0 unspecified atom stereocenters. The number of furan rings is 1. The number of nitro groups is 1. The molecule has 1 aromatic carbocycles. The number of ether oxygens (including phenoxy) is 3. The molecule has 1 atom stereocenters. The molecule has 0 spiro atoms. The minimum Gasteiger partial charge on any atom is -0.471 e. The summed E-state index contributed by atoms with van der Waals surface area (Å²) in [4.78, 5) is 60.8. The molecule has 1 aliphatic rings. The maximum absolute atomic E-state index is 12.9. The first-order valence-electron chi connectivity index (χ1n) is 10.4. The summed E-state index contributed by atoms with van der Waals surface area (Å²) in [7, 11) is 1.18. The van der Waals surface area contributed by atoms with Crippen LogP contribution in [0.3, 0.4) is 0 Å². The molecule has 0 bridgehead atoms. The zero-order valence-corrected chi connectivity index (χ0v) is 20.8. The number of imide groups is 1. The number of nitrogens with zero attached hydrogens (tertiary/aromatic N) is 2. The van der Waals surface area contributed by atoms with E-state index < -0.39 is 40.6 Å². The third-order valence-electron chi connectivity index (χ3n) is 4.80. The Balaban J connectivity index is 1.94. The second-order valence-electron chi connectivity index (χ2n) is 7.25. The number of esters is 2. The van der Waals surface area contributed by atoms with Crippen molar-refractivity contribution in [1.82, 2.24) is 10.2 Å². The molecular formula is C22H20BrN3O10. The van der Waals surface area contributed by atoms with Crippen molar-refractivity contribution in [3.8, 4) is 5.75 Å². The Morgan fingerprint density at radius 1 is 1.31 bits per heavy atom. The summed E-state index contributed by atoms with van der Waals surface area (Å²) in [6.07, 6.45) is -0.0111. The molecule has 0 radical (unpaired) electrons. The van der Waals surface area contributed by atoms with Gasteiger partial charge in [0.05, 0.1) is 25.2 Å². The van der Waals surface area contributed by atoms with Gasteiger partial charge in [-0.1, -0.05) is 15.9 Å². The first-order valence-corrected chi connectivity index (χ1v) is 11.2. The van der Waals surface area contributed by atoms with Crippen LogP contribution in [0.1, 0.15) is 35.7 Å². The lowest BCUT2D eigenvalue weighted by Crippen LogP contribution is -2.30. The van der Waals surface area contributed by atoms with Gasteiger partial charge >= 0.3 is 23.7 Å². The van der Waals surface area contributed by atoms with Gasteiger partial charge in [0, 0.05) is 16.1 Å². The van der Waals surface area contributed by atoms with Crippen LogP contribution in [-0.2, 0) is 25.6 Å². The van der Waals surface area contributed by atoms with Crippen LogP contribution < -0.4 is 10.1 Å². The number of methoxy groups -OCH3 is 1. The Morgan fingerprint density at radius 2 is 2.03 bits per heavy atom. The van der Waals surface area contributed by atoms with E-state index in [1.54, 1.807) is 6.92 Å². The molecule has 1 aliphatic heterocycles. The molecule has 1 aromatic heterocycles. The van der Waals surface area contributed by atoms with Crippen molar-refractivity contribution in [1.29, 1.82) is 0 Å². The topological polar surface area (TPSA) is 168 Å². The molecule has 2 aromatic rings. The van der Waals surface area contributed by atoms with E-state index in [-0.39, 0.29) is 46.2 Å². The molecule has 3 rings (SSSR count). The number of carbonyl (C=O) groups excluding carboxylic acids is 4. The lowest BCUT2D eigenvalue weighted by atomic mass is 10.1. The average molecular weight is 566 g/mol. The predicted octanol–water partition coefficient (Wildman–Crippen LogP) is 3.16. The first kappa shape index (κ1) is 26.4. The second-order valence-corrected chi connectivity index (χ2v) is 8.17.